The van der Waals surface area contributed by atoms with Crippen LogP contribution in [0.15, 0.2) is 28.9 Å². The lowest BCUT2D eigenvalue weighted by Gasteiger charge is -2.13. The van der Waals surface area contributed by atoms with E-state index in [1.165, 1.54) is 17.0 Å². The SMILES string of the molecule is Cc1cc(-c2ccco2)c(C)n1C(C)C. The summed E-state index contributed by atoms with van der Waals surface area (Å²) in [7, 11) is 0. The summed E-state index contributed by atoms with van der Waals surface area (Å²) in [6, 6.07) is 6.62. The molecule has 0 saturated carbocycles. The average Bonchev–Trinajstić information content (AvgIpc) is 2.72. The smallest absolute Gasteiger partial charge is 0.135 e. The van der Waals surface area contributed by atoms with Crippen molar-refractivity contribution >= 4 is 0 Å². The lowest BCUT2D eigenvalue weighted by Crippen LogP contribution is -2.04. The molecule has 0 unspecified atom stereocenters. The van der Waals surface area contributed by atoms with Gasteiger partial charge in [0.25, 0.3) is 0 Å². The maximum Gasteiger partial charge on any atom is 0.135 e. The van der Waals surface area contributed by atoms with Crippen molar-refractivity contribution in [1.29, 1.82) is 0 Å². The van der Waals surface area contributed by atoms with Gasteiger partial charge in [-0.05, 0) is 45.9 Å². The van der Waals surface area contributed by atoms with Crippen LogP contribution in [0, 0.1) is 13.8 Å². The van der Waals surface area contributed by atoms with Crippen molar-refractivity contribution in [3.8, 4) is 11.3 Å². The van der Waals surface area contributed by atoms with Gasteiger partial charge in [0.2, 0.25) is 0 Å². The number of furan rings is 1. The molecule has 0 radical (unpaired) electrons. The number of aromatic nitrogens is 1. The predicted molar refractivity (Wildman–Crippen MR) is 62.0 cm³/mol. The van der Waals surface area contributed by atoms with Crippen LogP contribution in [0.25, 0.3) is 11.3 Å². The monoisotopic (exact) mass is 203 g/mol. The molecule has 2 heteroatoms. The normalized spacial score (nSPS) is 11.3. The Kier molecular flexibility index (Phi) is 2.43. The Morgan fingerprint density at radius 1 is 1.27 bits per heavy atom. The van der Waals surface area contributed by atoms with Crippen LogP contribution in [0.3, 0.4) is 0 Å². The second kappa shape index (κ2) is 3.61. The molecule has 0 aliphatic carbocycles. The zero-order chi connectivity index (χ0) is 11.0. The van der Waals surface area contributed by atoms with E-state index in [0.717, 1.165) is 5.76 Å². The molecule has 0 bridgehead atoms. The topological polar surface area (TPSA) is 18.1 Å². The molecule has 2 nitrogen and oxygen atoms in total. The van der Waals surface area contributed by atoms with Gasteiger partial charge in [-0.2, -0.15) is 0 Å². The summed E-state index contributed by atoms with van der Waals surface area (Å²) in [6.45, 7) is 8.68. The summed E-state index contributed by atoms with van der Waals surface area (Å²) in [5.74, 6) is 0.954. The van der Waals surface area contributed by atoms with E-state index in [2.05, 4.69) is 38.3 Å². The Hall–Kier alpha value is -1.44. The van der Waals surface area contributed by atoms with E-state index < -0.39 is 0 Å². The average molecular weight is 203 g/mol. The third-order valence-corrected chi connectivity index (χ3v) is 2.79. The molecule has 2 heterocycles. The van der Waals surface area contributed by atoms with E-state index >= 15 is 0 Å². The fraction of sp³-hybridized carbons (Fsp3) is 0.385. The number of nitrogens with zero attached hydrogens (tertiary/aromatic N) is 1. The fourth-order valence-corrected chi connectivity index (χ4v) is 2.25. The molecule has 0 aliphatic rings. The Bertz CT molecular complexity index is 449. The predicted octanol–water partition coefficient (Wildman–Crippen LogP) is 3.95. The third kappa shape index (κ3) is 1.60. The van der Waals surface area contributed by atoms with Crippen LogP contribution in [0.2, 0.25) is 0 Å². The van der Waals surface area contributed by atoms with Gasteiger partial charge in [0.1, 0.15) is 5.76 Å². The molecule has 15 heavy (non-hydrogen) atoms. The van der Waals surface area contributed by atoms with Gasteiger partial charge in [-0.15, -0.1) is 0 Å². The van der Waals surface area contributed by atoms with Crippen LogP contribution in [-0.2, 0) is 0 Å². The van der Waals surface area contributed by atoms with Crippen LogP contribution in [0.1, 0.15) is 31.3 Å². The summed E-state index contributed by atoms with van der Waals surface area (Å²) in [4.78, 5) is 0. The van der Waals surface area contributed by atoms with E-state index in [4.69, 9.17) is 4.42 Å². The Labute approximate surface area is 90.5 Å². The van der Waals surface area contributed by atoms with E-state index in [1.807, 2.05) is 12.1 Å². The third-order valence-electron chi connectivity index (χ3n) is 2.79. The molecule has 0 spiro atoms. The molecular weight excluding hydrogens is 186 g/mol. The van der Waals surface area contributed by atoms with E-state index in [0.29, 0.717) is 6.04 Å². The molecule has 0 N–H and O–H groups in total. The zero-order valence-electron chi connectivity index (χ0n) is 9.74. The Balaban J connectivity index is 2.56. The quantitative estimate of drug-likeness (QED) is 0.722. The number of aryl methyl sites for hydroxylation is 1. The molecule has 2 aromatic heterocycles. The first-order chi connectivity index (χ1) is 7.11. The van der Waals surface area contributed by atoms with E-state index in [1.54, 1.807) is 6.26 Å². The van der Waals surface area contributed by atoms with Crippen molar-refractivity contribution < 1.29 is 4.42 Å². The molecule has 2 aromatic rings. The number of hydrogen-bond acceptors (Lipinski definition) is 1. The number of rotatable bonds is 2. The molecule has 2 rings (SSSR count). The second-order valence-corrected chi connectivity index (χ2v) is 4.23. The van der Waals surface area contributed by atoms with E-state index in [-0.39, 0.29) is 0 Å². The zero-order valence-corrected chi connectivity index (χ0v) is 9.74. The lowest BCUT2D eigenvalue weighted by atomic mass is 10.2. The summed E-state index contributed by atoms with van der Waals surface area (Å²) < 4.78 is 7.77. The first-order valence-corrected chi connectivity index (χ1v) is 5.33. The molecule has 80 valence electrons. The second-order valence-electron chi connectivity index (χ2n) is 4.23. The van der Waals surface area contributed by atoms with Crippen molar-refractivity contribution in [3.05, 3.63) is 35.9 Å². The maximum atomic E-state index is 5.44. The maximum absolute atomic E-state index is 5.44. The summed E-state index contributed by atoms with van der Waals surface area (Å²) >= 11 is 0. The first-order valence-electron chi connectivity index (χ1n) is 5.33. The van der Waals surface area contributed by atoms with Crippen LogP contribution in [0.5, 0.6) is 0 Å². The minimum Gasteiger partial charge on any atom is -0.464 e. The largest absolute Gasteiger partial charge is 0.464 e. The summed E-state index contributed by atoms with van der Waals surface area (Å²) in [6.07, 6.45) is 1.72. The van der Waals surface area contributed by atoms with Crippen molar-refractivity contribution in [2.75, 3.05) is 0 Å². The van der Waals surface area contributed by atoms with Crippen LogP contribution in [-0.4, -0.2) is 4.57 Å². The minimum atomic E-state index is 0.494. The highest BCUT2D eigenvalue weighted by atomic mass is 16.3. The van der Waals surface area contributed by atoms with Gasteiger partial charge in [-0.1, -0.05) is 0 Å². The first kappa shape index (κ1) is 10.1. The van der Waals surface area contributed by atoms with Crippen molar-refractivity contribution in [1.82, 2.24) is 4.57 Å². The van der Waals surface area contributed by atoms with Crippen LogP contribution >= 0.6 is 0 Å². The molecule has 0 amide bonds. The molecule has 0 fully saturated rings. The highest BCUT2D eigenvalue weighted by Gasteiger charge is 2.13. The van der Waals surface area contributed by atoms with Crippen molar-refractivity contribution in [2.24, 2.45) is 0 Å². The molecule has 0 aromatic carbocycles. The van der Waals surface area contributed by atoms with Gasteiger partial charge in [0.05, 0.1) is 6.26 Å². The fourth-order valence-electron chi connectivity index (χ4n) is 2.25. The number of hydrogen-bond donors (Lipinski definition) is 0. The van der Waals surface area contributed by atoms with E-state index in [9.17, 15) is 0 Å². The highest BCUT2D eigenvalue weighted by molar-refractivity contribution is 5.62. The molecule has 0 aliphatic heterocycles. The van der Waals surface area contributed by atoms with Gasteiger partial charge in [0, 0.05) is 23.0 Å². The molecule has 0 saturated heterocycles. The summed E-state index contributed by atoms with van der Waals surface area (Å²) in [5.41, 5.74) is 3.76. The minimum absolute atomic E-state index is 0.494. The van der Waals surface area contributed by atoms with Crippen molar-refractivity contribution in [3.63, 3.8) is 0 Å². The molecular formula is C13H17NO. The molecule has 0 atom stereocenters. The van der Waals surface area contributed by atoms with Gasteiger partial charge in [-0.3, -0.25) is 0 Å². The Morgan fingerprint density at radius 3 is 2.47 bits per heavy atom. The lowest BCUT2D eigenvalue weighted by molar-refractivity contribution is 0.568. The van der Waals surface area contributed by atoms with Gasteiger partial charge < -0.3 is 8.98 Å². The van der Waals surface area contributed by atoms with Gasteiger partial charge in [0.15, 0.2) is 0 Å². The van der Waals surface area contributed by atoms with Crippen LogP contribution in [0.4, 0.5) is 0 Å². The van der Waals surface area contributed by atoms with Crippen molar-refractivity contribution in [2.45, 2.75) is 33.7 Å². The highest BCUT2D eigenvalue weighted by Crippen LogP contribution is 2.29. The summed E-state index contributed by atoms with van der Waals surface area (Å²) in [5, 5.41) is 0. The van der Waals surface area contributed by atoms with Crippen LogP contribution < -0.4 is 0 Å². The Morgan fingerprint density at radius 2 is 2.00 bits per heavy atom. The van der Waals surface area contributed by atoms with Gasteiger partial charge >= 0.3 is 0 Å². The standard InChI is InChI=1S/C13H17NO/c1-9(2)14-10(3)8-12(11(14)4)13-6-5-7-15-13/h5-9H,1-4H3. The van der Waals surface area contributed by atoms with Gasteiger partial charge in [-0.25, -0.2) is 0 Å².